The average molecular weight is 293 g/mol. The zero-order valence-electron chi connectivity index (χ0n) is 11.9. The largest absolute Gasteiger partial charge is 0.494 e. The molecular formula is C14H19N3O2S. The number of nitrogens with zero attached hydrogens (tertiary/aromatic N) is 1. The lowest BCUT2D eigenvalue weighted by molar-refractivity contribution is -0.115. The Morgan fingerprint density at radius 1 is 1.45 bits per heavy atom. The van der Waals surface area contributed by atoms with Gasteiger partial charge in [-0.3, -0.25) is 4.79 Å². The van der Waals surface area contributed by atoms with Crippen LogP contribution in [-0.4, -0.2) is 30.1 Å². The van der Waals surface area contributed by atoms with E-state index in [9.17, 15) is 4.79 Å². The molecule has 2 aromatic rings. The van der Waals surface area contributed by atoms with Crippen LogP contribution in [0.1, 0.15) is 20.8 Å². The highest BCUT2D eigenvalue weighted by Gasteiger charge is 2.08. The number of aromatic nitrogens is 1. The fourth-order valence-electron chi connectivity index (χ4n) is 1.68. The summed E-state index contributed by atoms with van der Waals surface area (Å²) < 4.78 is 6.45. The summed E-state index contributed by atoms with van der Waals surface area (Å²) in [4.78, 5) is 16.1. The van der Waals surface area contributed by atoms with Crippen LogP contribution in [0.25, 0.3) is 10.2 Å². The van der Waals surface area contributed by atoms with Crippen LogP contribution >= 0.6 is 11.3 Å². The van der Waals surface area contributed by atoms with Gasteiger partial charge in [0.1, 0.15) is 5.75 Å². The van der Waals surface area contributed by atoms with Crippen molar-refractivity contribution >= 4 is 32.6 Å². The summed E-state index contributed by atoms with van der Waals surface area (Å²) in [5.74, 6) is 0.741. The Morgan fingerprint density at radius 3 is 2.95 bits per heavy atom. The quantitative estimate of drug-likeness (QED) is 0.859. The number of ether oxygens (including phenoxy) is 1. The number of hydrogen-bond acceptors (Lipinski definition) is 5. The lowest BCUT2D eigenvalue weighted by Crippen LogP contribution is -2.32. The molecule has 0 spiro atoms. The summed E-state index contributed by atoms with van der Waals surface area (Å²) in [6.07, 6.45) is 0. The van der Waals surface area contributed by atoms with Gasteiger partial charge in [0, 0.05) is 6.04 Å². The molecule has 20 heavy (non-hydrogen) atoms. The zero-order chi connectivity index (χ0) is 14.5. The third kappa shape index (κ3) is 3.91. The first kappa shape index (κ1) is 14.7. The topological polar surface area (TPSA) is 63.2 Å². The van der Waals surface area contributed by atoms with E-state index >= 15 is 0 Å². The van der Waals surface area contributed by atoms with E-state index in [4.69, 9.17) is 4.74 Å². The Hall–Kier alpha value is -1.66. The van der Waals surface area contributed by atoms with E-state index in [0.717, 1.165) is 16.0 Å². The number of carbonyl (C=O) groups excluding carboxylic acids is 1. The molecule has 1 aromatic carbocycles. The highest BCUT2D eigenvalue weighted by atomic mass is 32.1. The first-order valence-electron chi connectivity index (χ1n) is 6.65. The minimum Gasteiger partial charge on any atom is -0.494 e. The van der Waals surface area contributed by atoms with E-state index in [2.05, 4.69) is 15.6 Å². The summed E-state index contributed by atoms with van der Waals surface area (Å²) in [6.45, 7) is 6.87. The molecule has 6 heteroatoms. The molecule has 0 unspecified atom stereocenters. The van der Waals surface area contributed by atoms with Crippen molar-refractivity contribution in [2.75, 3.05) is 18.5 Å². The predicted molar refractivity (Wildman–Crippen MR) is 82.6 cm³/mol. The SMILES string of the molecule is CCOc1ccc2nc(NC(=O)CNC(C)C)sc2c1. The molecule has 2 N–H and O–H groups in total. The fraction of sp³-hybridized carbons (Fsp3) is 0.429. The van der Waals surface area contributed by atoms with Gasteiger partial charge in [-0.25, -0.2) is 4.98 Å². The van der Waals surface area contributed by atoms with Gasteiger partial charge in [0.05, 0.1) is 23.4 Å². The van der Waals surface area contributed by atoms with Gasteiger partial charge in [0.2, 0.25) is 5.91 Å². The molecule has 108 valence electrons. The number of anilines is 1. The fourth-order valence-corrected chi connectivity index (χ4v) is 2.59. The Labute approximate surface area is 122 Å². The van der Waals surface area contributed by atoms with Crippen LogP contribution in [0.4, 0.5) is 5.13 Å². The van der Waals surface area contributed by atoms with Crippen molar-refractivity contribution < 1.29 is 9.53 Å². The third-order valence-electron chi connectivity index (χ3n) is 2.59. The Balaban J connectivity index is 2.05. The van der Waals surface area contributed by atoms with Gasteiger partial charge in [-0.15, -0.1) is 0 Å². The molecule has 5 nitrogen and oxygen atoms in total. The number of fused-ring (bicyclic) bond motifs is 1. The lowest BCUT2D eigenvalue weighted by atomic mass is 10.3. The van der Waals surface area contributed by atoms with E-state index in [-0.39, 0.29) is 18.5 Å². The molecule has 1 aromatic heterocycles. The normalized spacial score (nSPS) is 11.0. The van der Waals surface area contributed by atoms with E-state index < -0.39 is 0 Å². The van der Waals surface area contributed by atoms with Crippen LogP contribution in [0.3, 0.4) is 0 Å². The molecule has 0 fully saturated rings. The van der Waals surface area contributed by atoms with Crippen molar-refractivity contribution in [1.82, 2.24) is 10.3 Å². The van der Waals surface area contributed by atoms with Crippen molar-refractivity contribution in [3.8, 4) is 5.75 Å². The molecule has 1 heterocycles. The molecule has 0 bridgehead atoms. The highest BCUT2D eigenvalue weighted by molar-refractivity contribution is 7.22. The van der Waals surface area contributed by atoms with Crippen molar-refractivity contribution in [2.45, 2.75) is 26.8 Å². The number of hydrogen-bond donors (Lipinski definition) is 2. The standard InChI is InChI=1S/C14H19N3O2S/c1-4-19-10-5-6-11-12(7-10)20-14(16-11)17-13(18)8-15-9(2)3/h5-7,9,15H,4,8H2,1-3H3,(H,16,17,18). The van der Waals surface area contributed by atoms with Gasteiger partial charge in [0.15, 0.2) is 5.13 Å². The minimum absolute atomic E-state index is 0.0808. The molecule has 0 saturated carbocycles. The molecule has 0 aliphatic rings. The molecule has 0 saturated heterocycles. The van der Waals surface area contributed by atoms with E-state index in [1.54, 1.807) is 0 Å². The minimum atomic E-state index is -0.0808. The molecular weight excluding hydrogens is 274 g/mol. The summed E-state index contributed by atoms with van der Waals surface area (Å²) in [7, 11) is 0. The maximum absolute atomic E-state index is 11.7. The zero-order valence-corrected chi connectivity index (χ0v) is 12.7. The van der Waals surface area contributed by atoms with Crippen molar-refractivity contribution in [2.24, 2.45) is 0 Å². The van der Waals surface area contributed by atoms with Crippen LogP contribution in [0.15, 0.2) is 18.2 Å². The average Bonchev–Trinajstić information content (AvgIpc) is 2.78. The van der Waals surface area contributed by atoms with Crippen molar-refractivity contribution in [3.05, 3.63) is 18.2 Å². The van der Waals surface area contributed by atoms with Crippen LogP contribution in [-0.2, 0) is 4.79 Å². The molecule has 2 rings (SSSR count). The number of carbonyl (C=O) groups is 1. The van der Waals surface area contributed by atoms with Crippen LogP contribution in [0.2, 0.25) is 0 Å². The monoisotopic (exact) mass is 293 g/mol. The molecule has 0 atom stereocenters. The summed E-state index contributed by atoms with van der Waals surface area (Å²) in [6, 6.07) is 6.01. The van der Waals surface area contributed by atoms with E-state index in [0.29, 0.717) is 11.7 Å². The third-order valence-corrected chi connectivity index (χ3v) is 3.52. The van der Waals surface area contributed by atoms with Crippen LogP contribution < -0.4 is 15.4 Å². The Bertz CT molecular complexity index is 595. The Kier molecular flexibility index (Phi) is 4.92. The van der Waals surface area contributed by atoms with Gasteiger partial charge in [-0.2, -0.15) is 0 Å². The molecule has 0 aliphatic carbocycles. The first-order chi connectivity index (χ1) is 9.58. The van der Waals surface area contributed by atoms with Gasteiger partial charge < -0.3 is 15.4 Å². The van der Waals surface area contributed by atoms with Gasteiger partial charge >= 0.3 is 0 Å². The van der Waals surface area contributed by atoms with Gasteiger partial charge in [-0.05, 0) is 25.1 Å². The van der Waals surface area contributed by atoms with Crippen LogP contribution in [0.5, 0.6) is 5.75 Å². The molecule has 0 radical (unpaired) electrons. The second-order valence-corrected chi connectivity index (χ2v) is 5.70. The number of nitrogens with one attached hydrogen (secondary N) is 2. The van der Waals surface area contributed by atoms with Crippen molar-refractivity contribution in [1.29, 1.82) is 0 Å². The second-order valence-electron chi connectivity index (χ2n) is 4.67. The number of amides is 1. The maximum atomic E-state index is 11.7. The predicted octanol–water partition coefficient (Wildman–Crippen LogP) is 2.63. The first-order valence-corrected chi connectivity index (χ1v) is 7.46. The van der Waals surface area contributed by atoms with Gasteiger partial charge in [0.25, 0.3) is 0 Å². The Morgan fingerprint density at radius 2 is 2.25 bits per heavy atom. The smallest absolute Gasteiger partial charge is 0.240 e. The summed E-state index contributed by atoms with van der Waals surface area (Å²) in [5, 5.41) is 6.49. The highest BCUT2D eigenvalue weighted by Crippen LogP contribution is 2.29. The number of thiazole rings is 1. The molecule has 0 aliphatic heterocycles. The van der Waals surface area contributed by atoms with E-state index in [1.807, 2.05) is 39.0 Å². The number of rotatable bonds is 6. The van der Waals surface area contributed by atoms with E-state index in [1.165, 1.54) is 11.3 Å². The van der Waals surface area contributed by atoms with Crippen LogP contribution in [0, 0.1) is 0 Å². The second kappa shape index (κ2) is 6.67. The van der Waals surface area contributed by atoms with Crippen molar-refractivity contribution in [3.63, 3.8) is 0 Å². The summed E-state index contributed by atoms with van der Waals surface area (Å²) in [5.41, 5.74) is 0.866. The summed E-state index contributed by atoms with van der Waals surface area (Å²) >= 11 is 1.45. The molecule has 1 amide bonds. The van der Waals surface area contributed by atoms with Gasteiger partial charge in [-0.1, -0.05) is 25.2 Å². The lowest BCUT2D eigenvalue weighted by Gasteiger charge is -2.06. The maximum Gasteiger partial charge on any atom is 0.240 e. The number of benzene rings is 1.